The predicted molar refractivity (Wildman–Crippen MR) is 88.6 cm³/mol. The van der Waals surface area contributed by atoms with Crippen molar-refractivity contribution >= 4 is 5.97 Å². The van der Waals surface area contributed by atoms with Gasteiger partial charge in [0, 0.05) is 5.57 Å². The molecule has 24 heavy (non-hydrogen) atoms. The molecule has 124 valence electrons. The third kappa shape index (κ3) is 4.60. The van der Waals surface area contributed by atoms with Crippen molar-refractivity contribution < 1.29 is 23.7 Å². The first-order valence-corrected chi connectivity index (χ1v) is 7.60. The number of esters is 1. The molecule has 3 rings (SSSR count). The summed E-state index contributed by atoms with van der Waals surface area (Å²) < 4.78 is 21.5. The highest BCUT2D eigenvalue weighted by atomic mass is 16.6. The second kappa shape index (κ2) is 7.19. The molecule has 2 aromatic rings. The van der Waals surface area contributed by atoms with Gasteiger partial charge in [-0.2, -0.15) is 0 Å². The van der Waals surface area contributed by atoms with Crippen LogP contribution in [-0.2, 0) is 9.53 Å². The van der Waals surface area contributed by atoms with Gasteiger partial charge in [0.05, 0.1) is 6.61 Å². The van der Waals surface area contributed by atoms with Gasteiger partial charge in [-0.1, -0.05) is 6.58 Å². The lowest BCUT2D eigenvalue weighted by Gasteiger charge is -2.09. The van der Waals surface area contributed by atoms with Gasteiger partial charge in [-0.15, -0.1) is 0 Å². The molecule has 1 saturated heterocycles. The van der Waals surface area contributed by atoms with E-state index in [9.17, 15) is 4.79 Å². The Morgan fingerprint density at radius 2 is 1.54 bits per heavy atom. The van der Waals surface area contributed by atoms with E-state index >= 15 is 0 Å². The maximum Gasteiger partial charge on any atom is 0.338 e. The molecule has 0 aromatic heterocycles. The number of carbonyl (C=O) groups is 1. The first-order chi connectivity index (χ1) is 11.6. The van der Waals surface area contributed by atoms with Gasteiger partial charge in [-0.3, -0.25) is 0 Å². The molecule has 2 aromatic carbocycles. The van der Waals surface area contributed by atoms with Crippen LogP contribution < -0.4 is 14.2 Å². The van der Waals surface area contributed by atoms with E-state index in [0.717, 1.165) is 12.4 Å². The van der Waals surface area contributed by atoms with Gasteiger partial charge >= 0.3 is 5.97 Å². The standard InChI is InChI=1S/C19H18O5/c1-13(2)19(20)24-17-9-7-16(8-10-17)23-15-5-3-14(4-6-15)21-11-18-12-22-18/h3-10,18H,1,11-12H2,2H3. The minimum absolute atomic E-state index is 0.235. The molecule has 5 heteroatoms. The Balaban J connectivity index is 1.55. The molecule has 0 N–H and O–H groups in total. The van der Waals surface area contributed by atoms with Gasteiger partial charge in [0.1, 0.15) is 35.7 Å². The lowest BCUT2D eigenvalue weighted by Crippen LogP contribution is -2.07. The zero-order chi connectivity index (χ0) is 16.9. The molecule has 5 nitrogen and oxygen atoms in total. The summed E-state index contributed by atoms with van der Waals surface area (Å²) >= 11 is 0. The number of epoxide rings is 1. The number of hydrogen-bond acceptors (Lipinski definition) is 5. The zero-order valence-electron chi connectivity index (χ0n) is 13.4. The first kappa shape index (κ1) is 16.1. The van der Waals surface area contributed by atoms with Gasteiger partial charge < -0.3 is 18.9 Å². The number of benzene rings is 2. The summed E-state index contributed by atoms with van der Waals surface area (Å²) in [5.74, 6) is 2.11. The molecular formula is C19H18O5. The molecule has 0 bridgehead atoms. The van der Waals surface area contributed by atoms with Crippen LogP contribution in [0.3, 0.4) is 0 Å². The normalized spacial score (nSPS) is 15.5. The van der Waals surface area contributed by atoms with Crippen molar-refractivity contribution in [1.29, 1.82) is 0 Å². The fraction of sp³-hybridized carbons (Fsp3) is 0.211. The average Bonchev–Trinajstić information content (AvgIpc) is 3.40. The van der Waals surface area contributed by atoms with E-state index < -0.39 is 5.97 Å². The van der Waals surface area contributed by atoms with Gasteiger partial charge in [-0.25, -0.2) is 4.79 Å². The average molecular weight is 326 g/mol. The van der Waals surface area contributed by atoms with E-state index in [0.29, 0.717) is 29.4 Å². The first-order valence-electron chi connectivity index (χ1n) is 7.60. The molecule has 1 unspecified atom stereocenters. The lowest BCUT2D eigenvalue weighted by molar-refractivity contribution is -0.130. The SMILES string of the molecule is C=C(C)C(=O)Oc1ccc(Oc2ccc(OCC3CO3)cc2)cc1. The van der Waals surface area contributed by atoms with Crippen LogP contribution in [0.4, 0.5) is 0 Å². The fourth-order valence-electron chi connectivity index (χ4n) is 1.86. The number of hydrogen-bond donors (Lipinski definition) is 0. The van der Waals surface area contributed by atoms with Crippen molar-refractivity contribution in [3.8, 4) is 23.0 Å². The maximum atomic E-state index is 11.4. The number of carbonyl (C=O) groups excluding carboxylic acids is 1. The maximum absolute atomic E-state index is 11.4. The van der Waals surface area contributed by atoms with E-state index in [4.69, 9.17) is 18.9 Å². The Bertz CT molecular complexity index is 714. The molecule has 1 fully saturated rings. The fourth-order valence-corrected chi connectivity index (χ4v) is 1.86. The summed E-state index contributed by atoms with van der Waals surface area (Å²) in [6.45, 7) is 6.49. The van der Waals surface area contributed by atoms with Crippen molar-refractivity contribution in [2.45, 2.75) is 13.0 Å². The van der Waals surface area contributed by atoms with Crippen molar-refractivity contribution in [2.75, 3.05) is 13.2 Å². The number of rotatable bonds is 7. The van der Waals surface area contributed by atoms with Crippen molar-refractivity contribution in [1.82, 2.24) is 0 Å². The third-order valence-corrected chi connectivity index (χ3v) is 3.28. The van der Waals surface area contributed by atoms with Gasteiger partial charge in [-0.05, 0) is 55.5 Å². The Hall–Kier alpha value is -2.79. The molecule has 0 saturated carbocycles. The Labute approximate surface area is 140 Å². The minimum atomic E-state index is -0.448. The van der Waals surface area contributed by atoms with Crippen LogP contribution in [0.5, 0.6) is 23.0 Å². The van der Waals surface area contributed by atoms with Crippen LogP contribution >= 0.6 is 0 Å². The summed E-state index contributed by atoms with van der Waals surface area (Å²) in [6, 6.07) is 14.2. The molecule has 0 spiro atoms. The van der Waals surface area contributed by atoms with Crippen LogP contribution in [0.2, 0.25) is 0 Å². The Morgan fingerprint density at radius 3 is 2.04 bits per heavy atom. The Morgan fingerprint density at radius 1 is 1.04 bits per heavy atom. The van der Waals surface area contributed by atoms with E-state index in [1.54, 1.807) is 31.2 Å². The second-order valence-electron chi connectivity index (χ2n) is 5.48. The molecular weight excluding hydrogens is 308 g/mol. The summed E-state index contributed by atoms with van der Waals surface area (Å²) in [5, 5.41) is 0. The minimum Gasteiger partial charge on any atom is -0.491 e. The smallest absolute Gasteiger partial charge is 0.338 e. The Kier molecular flexibility index (Phi) is 4.82. The van der Waals surface area contributed by atoms with E-state index in [-0.39, 0.29) is 6.10 Å². The molecule has 1 aliphatic heterocycles. The van der Waals surface area contributed by atoms with Crippen LogP contribution in [0.1, 0.15) is 6.92 Å². The van der Waals surface area contributed by atoms with Gasteiger partial charge in [0.15, 0.2) is 0 Å². The molecule has 1 aliphatic rings. The van der Waals surface area contributed by atoms with Gasteiger partial charge in [0.25, 0.3) is 0 Å². The summed E-state index contributed by atoms with van der Waals surface area (Å²) in [4.78, 5) is 11.4. The summed E-state index contributed by atoms with van der Waals surface area (Å²) in [6.07, 6.45) is 0.235. The van der Waals surface area contributed by atoms with Gasteiger partial charge in [0.2, 0.25) is 0 Å². The van der Waals surface area contributed by atoms with E-state index in [1.807, 2.05) is 24.3 Å². The van der Waals surface area contributed by atoms with Crippen molar-refractivity contribution in [3.63, 3.8) is 0 Å². The summed E-state index contributed by atoms with van der Waals surface area (Å²) in [7, 11) is 0. The van der Waals surface area contributed by atoms with Crippen LogP contribution in [-0.4, -0.2) is 25.3 Å². The molecule has 1 heterocycles. The molecule has 0 aliphatic carbocycles. The van der Waals surface area contributed by atoms with Crippen LogP contribution in [0, 0.1) is 0 Å². The largest absolute Gasteiger partial charge is 0.491 e. The predicted octanol–water partition coefficient (Wildman–Crippen LogP) is 3.74. The van der Waals surface area contributed by atoms with Crippen molar-refractivity contribution in [3.05, 3.63) is 60.7 Å². The second-order valence-corrected chi connectivity index (χ2v) is 5.48. The highest BCUT2D eigenvalue weighted by Gasteiger charge is 2.22. The van der Waals surface area contributed by atoms with E-state index in [1.165, 1.54) is 0 Å². The highest BCUT2D eigenvalue weighted by Crippen LogP contribution is 2.26. The van der Waals surface area contributed by atoms with Crippen molar-refractivity contribution in [2.24, 2.45) is 0 Å². The highest BCUT2D eigenvalue weighted by molar-refractivity contribution is 5.88. The molecule has 1 atom stereocenters. The third-order valence-electron chi connectivity index (χ3n) is 3.28. The van der Waals surface area contributed by atoms with Crippen LogP contribution in [0.15, 0.2) is 60.7 Å². The van der Waals surface area contributed by atoms with E-state index in [2.05, 4.69) is 6.58 Å². The lowest BCUT2D eigenvalue weighted by atomic mass is 10.3. The molecule has 0 radical (unpaired) electrons. The van der Waals surface area contributed by atoms with Crippen LogP contribution in [0.25, 0.3) is 0 Å². The quantitative estimate of drug-likeness (QED) is 0.336. The topological polar surface area (TPSA) is 57.3 Å². The summed E-state index contributed by atoms with van der Waals surface area (Å²) in [5.41, 5.74) is 0.353. The monoisotopic (exact) mass is 326 g/mol. The molecule has 0 amide bonds. The zero-order valence-corrected chi connectivity index (χ0v) is 13.4. The number of ether oxygens (including phenoxy) is 4.